The molecule has 0 atom stereocenters. The molecule has 10 heteroatoms. The van der Waals surface area contributed by atoms with Gasteiger partial charge in [-0.3, -0.25) is 0 Å². The van der Waals surface area contributed by atoms with Gasteiger partial charge in [0, 0.05) is 17.9 Å². The number of phenolic OH excluding ortho intramolecular Hbond substituents is 1. The molecule has 0 aliphatic carbocycles. The van der Waals surface area contributed by atoms with E-state index in [0.29, 0.717) is 12.0 Å². The Morgan fingerprint density at radius 2 is 2.05 bits per heavy atom. The van der Waals surface area contributed by atoms with Gasteiger partial charge in [0.25, 0.3) is 0 Å². The van der Waals surface area contributed by atoms with E-state index in [0.717, 1.165) is 6.42 Å². The van der Waals surface area contributed by atoms with Crippen molar-refractivity contribution in [3.63, 3.8) is 0 Å². The first-order valence-corrected chi connectivity index (χ1v) is 7.87. The molecule has 0 saturated heterocycles. The summed E-state index contributed by atoms with van der Waals surface area (Å²) in [5.41, 5.74) is 0.702. The molecule has 0 unspecified atom stereocenters. The minimum absolute atomic E-state index is 0. The second-order valence-electron chi connectivity index (χ2n) is 3.59. The minimum Gasteiger partial charge on any atom is -1.00 e. The standard InChI is InChI=1S/C10H14N3O4PS.K.H/c1-2-3-7-4-9(14)8(6-11)5-10(7)15-18(19,16-12)17-13;;/h4-5,14H,2-3,12-13H2,1H3;;/q;+1;-1. The van der Waals surface area contributed by atoms with Crippen LogP contribution in [0.1, 0.15) is 25.9 Å². The average Bonchev–Trinajstić information content (AvgIpc) is 2.41. The van der Waals surface area contributed by atoms with E-state index in [4.69, 9.17) is 33.4 Å². The van der Waals surface area contributed by atoms with Crippen LogP contribution in [-0.2, 0) is 27.5 Å². The van der Waals surface area contributed by atoms with Crippen molar-refractivity contribution in [2.75, 3.05) is 0 Å². The zero-order valence-corrected chi connectivity index (χ0v) is 16.0. The zero-order chi connectivity index (χ0) is 14.5. The summed E-state index contributed by atoms with van der Waals surface area (Å²) in [4.78, 5) is 0. The number of nitrogens with two attached hydrogens (primary N) is 2. The van der Waals surface area contributed by atoms with Gasteiger partial charge in [-0.05, 0) is 18.1 Å². The van der Waals surface area contributed by atoms with E-state index in [1.165, 1.54) is 12.1 Å². The molecule has 0 spiro atoms. The first-order valence-electron chi connectivity index (χ1n) is 5.32. The van der Waals surface area contributed by atoms with Crippen molar-refractivity contribution in [3.05, 3.63) is 23.3 Å². The number of nitriles is 1. The minimum atomic E-state index is -3.30. The molecule has 106 valence electrons. The van der Waals surface area contributed by atoms with Crippen molar-refractivity contribution in [1.29, 1.82) is 5.26 Å². The van der Waals surface area contributed by atoms with E-state index in [2.05, 4.69) is 9.25 Å². The van der Waals surface area contributed by atoms with Crippen LogP contribution in [-0.4, -0.2) is 5.11 Å². The van der Waals surface area contributed by atoms with E-state index in [1.54, 1.807) is 0 Å². The number of benzene rings is 1. The summed E-state index contributed by atoms with van der Waals surface area (Å²) in [7, 11) is 0. The molecule has 0 amide bonds. The number of hydrogen-bond donors (Lipinski definition) is 3. The third-order valence-corrected chi connectivity index (χ3v) is 3.96. The molecule has 1 rings (SSSR count). The quantitative estimate of drug-likeness (QED) is 0.331. The van der Waals surface area contributed by atoms with Crippen molar-refractivity contribution in [2.24, 2.45) is 11.8 Å². The van der Waals surface area contributed by atoms with Crippen molar-refractivity contribution in [1.82, 2.24) is 0 Å². The van der Waals surface area contributed by atoms with Crippen LogP contribution >= 0.6 is 6.72 Å². The number of nitrogens with zero attached hydrogens (tertiary/aromatic N) is 1. The zero-order valence-electron chi connectivity index (χ0n) is 12.2. The number of rotatable bonds is 6. The molecular weight excluding hydrogens is 328 g/mol. The van der Waals surface area contributed by atoms with Gasteiger partial charge in [-0.15, -0.1) is 0 Å². The monoisotopic (exact) mass is 343 g/mol. The fourth-order valence-corrected chi connectivity index (χ4v) is 2.23. The molecule has 1 aromatic carbocycles. The van der Waals surface area contributed by atoms with Crippen LogP contribution in [0.25, 0.3) is 0 Å². The maximum absolute atomic E-state index is 9.65. The van der Waals surface area contributed by atoms with Gasteiger partial charge in [-0.25, -0.2) is 21.0 Å². The summed E-state index contributed by atoms with van der Waals surface area (Å²) in [6.07, 6.45) is 1.41. The van der Waals surface area contributed by atoms with Crippen LogP contribution in [0.2, 0.25) is 0 Å². The van der Waals surface area contributed by atoms with Gasteiger partial charge in [0.15, 0.2) is 0 Å². The molecule has 0 aliphatic heterocycles. The Morgan fingerprint density at radius 3 is 2.50 bits per heavy atom. The van der Waals surface area contributed by atoms with Crippen LogP contribution in [0.15, 0.2) is 12.1 Å². The first kappa shape index (κ1) is 20.4. The second kappa shape index (κ2) is 9.45. The molecule has 0 bridgehead atoms. The third kappa shape index (κ3) is 5.33. The number of phenols is 1. The Labute approximate surface area is 166 Å². The van der Waals surface area contributed by atoms with E-state index in [-0.39, 0.29) is 69.9 Å². The number of hydrogen-bond acceptors (Lipinski definition) is 8. The Bertz CT molecular complexity index is 550. The summed E-state index contributed by atoms with van der Waals surface area (Å²) in [5.74, 6) is 10.1. The Kier molecular flexibility index (Phi) is 9.66. The number of aryl methyl sites for hydroxylation is 1. The van der Waals surface area contributed by atoms with Crippen LogP contribution in [0.5, 0.6) is 11.5 Å². The maximum atomic E-state index is 9.65. The van der Waals surface area contributed by atoms with Gasteiger partial charge in [0.2, 0.25) is 0 Å². The summed E-state index contributed by atoms with van der Waals surface area (Å²) < 4.78 is 14.2. The molecule has 0 saturated carbocycles. The first-order chi connectivity index (χ1) is 8.99. The van der Waals surface area contributed by atoms with Crippen molar-refractivity contribution in [2.45, 2.75) is 19.8 Å². The molecule has 0 heterocycles. The van der Waals surface area contributed by atoms with Crippen LogP contribution < -0.4 is 67.7 Å². The van der Waals surface area contributed by atoms with Crippen molar-refractivity contribution >= 4 is 18.5 Å². The molecule has 20 heavy (non-hydrogen) atoms. The van der Waals surface area contributed by atoms with E-state index in [9.17, 15) is 5.11 Å². The molecule has 0 radical (unpaired) electrons. The third-order valence-electron chi connectivity index (χ3n) is 2.29. The molecule has 1 aromatic rings. The molecule has 0 aromatic heterocycles. The summed E-state index contributed by atoms with van der Waals surface area (Å²) in [6, 6.07) is 4.61. The normalized spacial score (nSPS) is 10.5. The van der Waals surface area contributed by atoms with Gasteiger partial charge in [-0.1, -0.05) is 13.3 Å². The summed E-state index contributed by atoms with van der Waals surface area (Å²) >= 11 is 4.89. The fraction of sp³-hybridized carbons (Fsp3) is 0.300. The molecule has 0 fully saturated rings. The Balaban J connectivity index is 0. The fourth-order valence-electron chi connectivity index (χ4n) is 1.44. The smallest absolute Gasteiger partial charge is 1.00 e. The van der Waals surface area contributed by atoms with Gasteiger partial charge >= 0.3 is 58.1 Å². The van der Waals surface area contributed by atoms with E-state index in [1.807, 2.05) is 13.0 Å². The molecule has 7 nitrogen and oxygen atoms in total. The van der Waals surface area contributed by atoms with Gasteiger partial charge < -0.3 is 11.1 Å². The van der Waals surface area contributed by atoms with Crippen LogP contribution in [0, 0.1) is 11.3 Å². The van der Waals surface area contributed by atoms with Crippen molar-refractivity contribution < 1.29 is 71.7 Å². The van der Waals surface area contributed by atoms with Crippen LogP contribution in [0.3, 0.4) is 0 Å². The topological polar surface area (TPSA) is 124 Å². The second-order valence-corrected chi connectivity index (χ2v) is 6.43. The van der Waals surface area contributed by atoms with Crippen molar-refractivity contribution in [3.8, 4) is 17.6 Å². The van der Waals surface area contributed by atoms with Gasteiger partial charge in [0.1, 0.15) is 17.6 Å². The van der Waals surface area contributed by atoms with E-state index >= 15 is 0 Å². The van der Waals surface area contributed by atoms with Crippen LogP contribution in [0.4, 0.5) is 0 Å². The van der Waals surface area contributed by atoms with Gasteiger partial charge in [-0.2, -0.15) is 5.26 Å². The SMILES string of the molecule is CCCc1cc(O)c(C#N)cc1OP(=S)(ON)ON.[H-].[K+]. The van der Waals surface area contributed by atoms with E-state index < -0.39 is 6.72 Å². The maximum Gasteiger partial charge on any atom is 1.00 e. The molecule has 0 aliphatic rings. The predicted molar refractivity (Wildman–Crippen MR) is 73.4 cm³/mol. The average molecular weight is 343 g/mol. The summed E-state index contributed by atoms with van der Waals surface area (Å²) in [6.45, 7) is -1.35. The predicted octanol–water partition coefficient (Wildman–Crippen LogP) is -1.28. The Hall–Kier alpha value is 0.436. The summed E-state index contributed by atoms with van der Waals surface area (Å²) in [5, 5.41) is 18.5. The largest absolute Gasteiger partial charge is 1.00 e. The van der Waals surface area contributed by atoms with Gasteiger partial charge in [0.05, 0.1) is 5.56 Å². The molecule has 5 N–H and O–H groups in total. The Morgan fingerprint density at radius 1 is 1.45 bits per heavy atom. The number of aromatic hydroxyl groups is 1. The molecular formula is C10H15KN3O4PS.